The fraction of sp³-hybridized carbons (Fsp3) is 0.200. The minimum Gasteiger partial charge on any atom is -0.484 e. The summed E-state index contributed by atoms with van der Waals surface area (Å²) < 4.78 is 19.7. The normalized spacial score (nSPS) is 10.3. The first-order chi connectivity index (χ1) is 7.25. The molecule has 5 heteroatoms. The van der Waals surface area contributed by atoms with E-state index in [9.17, 15) is 4.39 Å². The summed E-state index contributed by atoms with van der Waals surface area (Å²) in [7, 11) is 1.88. The molecule has 2 heterocycles. The number of pyridine rings is 1. The third-order valence-electron chi connectivity index (χ3n) is 1.99. The Morgan fingerprint density at radius 2 is 2.27 bits per heavy atom. The Labute approximate surface area is 86.4 Å². The second-order valence-corrected chi connectivity index (χ2v) is 3.06. The molecule has 2 aromatic rings. The van der Waals surface area contributed by atoms with E-state index >= 15 is 0 Å². The summed E-state index contributed by atoms with van der Waals surface area (Å²) in [6.45, 7) is 0.344. The third-order valence-corrected chi connectivity index (χ3v) is 1.99. The molecule has 2 aromatic heterocycles. The van der Waals surface area contributed by atoms with Crippen molar-refractivity contribution in [2.75, 3.05) is 0 Å². The molecule has 0 aliphatic heterocycles. The minimum absolute atomic E-state index is 0.344. The Bertz CT molecular complexity index is 438. The number of ether oxygens (including phenoxy) is 1. The van der Waals surface area contributed by atoms with Gasteiger partial charge in [-0.15, -0.1) is 0 Å². The fourth-order valence-electron chi connectivity index (χ4n) is 1.13. The zero-order valence-corrected chi connectivity index (χ0v) is 8.22. The fourth-order valence-corrected chi connectivity index (χ4v) is 1.13. The van der Waals surface area contributed by atoms with E-state index in [0.29, 0.717) is 12.4 Å². The minimum atomic E-state index is -0.514. The number of aromatic nitrogens is 3. The Hall–Kier alpha value is -1.91. The lowest BCUT2D eigenvalue weighted by Gasteiger charge is -2.05. The van der Waals surface area contributed by atoms with Crippen LogP contribution < -0.4 is 4.74 Å². The second kappa shape index (κ2) is 4.08. The predicted octanol–water partition coefficient (Wildman–Crippen LogP) is 1.53. The maximum atomic E-state index is 12.5. The maximum Gasteiger partial charge on any atom is 0.213 e. The van der Waals surface area contributed by atoms with Crippen molar-refractivity contribution < 1.29 is 9.13 Å². The topological polar surface area (TPSA) is 39.9 Å². The molecule has 0 amide bonds. The van der Waals surface area contributed by atoms with Gasteiger partial charge in [0.05, 0.1) is 6.20 Å². The average molecular weight is 207 g/mol. The Morgan fingerprint density at radius 1 is 1.40 bits per heavy atom. The molecule has 0 radical (unpaired) electrons. The van der Waals surface area contributed by atoms with Gasteiger partial charge in [-0.2, -0.15) is 4.39 Å². The van der Waals surface area contributed by atoms with E-state index in [1.165, 1.54) is 18.3 Å². The summed E-state index contributed by atoms with van der Waals surface area (Å²) in [4.78, 5) is 7.57. The number of nitrogens with zero attached hydrogens (tertiary/aromatic N) is 3. The van der Waals surface area contributed by atoms with Crippen LogP contribution in [-0.2, 0) is 13.7 Å². The van der Waals surface area contributed by atoms with Gasteiger partial charge in [-0.05, 0) is 12.1 Å². The Morgan fingerprint density at radius 3 is 2.87 bits per heavy atom. The van der Waals surface area contributed by atoms with Crippen molar-refractivity contribution in [3.8, 4) is 5.75 Å². The van der Waals surface area contributed by atoms with Gasteiger partial charge in [0, 0.05) is 19.4 Å². The number of hydrogen-bond donors (Lipinski definition) is 0. The highest BCUT2D eigenvalue weighted by atomic mass is 19.1. The quantitative estimate of drug-likeness (QED) is 0.716. The van der Waals surface area contributed by atoms with Crippen LogP contribution in [0.2, 0.25) is 0 Å². The molecule has 78 valence electrons. The maximum absolute atomic E-state index is 12.5. The third kappa shape index (κ3) is 2.31. The lowest BCUT2D eigenvalue weighted by atomic mass is 10.4. The van der Waals surface area contributed by atoms with Crippen LogP contribution in [0, 0.1) is 5.95 Å². The van der Waals surface area contributed by atoms with Crippen molar-refractivity contribution >= 4 is 0 Å². The number of hydrogen-bond acceptors (Lipinski definition) is 3. The summed E-state index contributed by atoms with van der Waals surface area (Å²) in [5.74, 6) is 0.818. The van der Waals surface area contributed by atoms with Gasteiger partial charge >= 0.3 is 0 Å². The van der Waals surface area contributed by atoms with Crippen LogP contribution >= 0.6 is 0 Å². The predicted molar refractivity (Wildman–Crippen MR) is 51.7 cm³/mol. The van der Waals surface area contributed by atoms with Crippen molar-refractivity contribution in [2.45, 2.75) is 6.61 Å². The molecule has 0 aliphatic carbocycles. The van der Waals surface area contributed by atoms with Gasteiger partial charge in [0.1, 0.15) is 18.2 Å². The molecule has 0 atom stereocenters. The van der Waals surface area contributed by atoms with Crippen molar-refractivity contribution in [2.24, 2.45) is 7.05 Å². The van der Waals surface area contributed by atoms with Gasteiger partial charge in [0.15, 0.2) is 0 Å². The first-order valence-corrected chi connectivity index (χ1v) is 4.46. The van der Waals surface area contributed by atoms with E-state index in [0.717, 1.165) is 5.82 Å². The number of halogens is 1. The van der Waals surface area contributed by atoms with Crippen LogP contribution in [0.4, 0.5) is 4.39 Å². The standard InChI is InChI=1S/C10H10FN3O/c1-14-5-4-12-10(14)7-15-8-2-3-9(11)13-6-8/h2-6H,7H2,1H3. The highest BCUT2D eigenvalue weighted by Gasteiger charge is 2.00. The molecule has 0 aliphatic rings. The van der Waals surface area contributed by atoms with Crippen LogP contribution in [-0.4, -0.2) is 14.5 Å². The van der Waals surface area contributed by atoms with E-state index < -0.39 is 5.95 Å². The molecule has 0 unspecified atom stereocenters. The summed E-state index contributed by atoms with van der Waals surface area (Å²) in [6.07, 6.45) is 4.88. The summed E-state index contributed by atoms with van der Waals surface area (Å²) in [6, 6.07) is 2.79. The van der Waals surface area contributed by atoms with E-state index in [1.54, 1.807) is 6.20 Å². The Balaban J connectivity index is 1.99. The lowest BCUT2D eigenvalue weighted by molar-refractivity contribution is 0.289. The zero-order chi connectivity index (χ0) is 10.7. The second-order valence-electron chi connectivity index (χ2n) is 3.06. The molecule has 2 rings (SSSR count). The smallest absolute Gasteiger partial charge is 0.213 e. The molecule has 0 N–H and O–H groups in total. The molecule has 0 saturated heterocycles. The van der Waals surface area contributed by atoms with E-state index in [-0.39, 0.29) is 0 Å². The molecule has 0 saturated carbocycles. The highest BCUT2D eigenvalue weighted by molar-refractivity contribution is 5.16. The first kappa shape index (κ1) is 9.64. The summed E-state index contributed by atoms with van der Waals surface area (Å²) in [5, 5.41) is 0. The molecule has 0 spiro atoms. The van der Waals surface area contributed by atoms with E-state index in [4.69, 9.17) is 4.74 Å². The van der Waals surface area contributed by atoms with Crippen LogP contribution in [0.25, 0.3) is 0 Å². The van der Waals surface area contributed by atoms with Crippen molar-refractivity contribution in [1.29, 1.82) is 0 Å². The van der Waals surface area contributed by atoms with Gasteiger partial charge in [-0.3, -0.25) is 0 Å². The molecule has 15 heavy (non-hydrogen) atoms. The zero-order valence-electron chi connectivity index (χ0n) is 8.22. The molecular weight excluding hydrogens is 197 g/mol. The number of aryl methyl sites for hydroxylation is 1. The molecule has 0 aromatic carbocycles. The Kier molecular flexibility index (Phi) is 2.62. The van der Waals surface area contributed by atoms with Gasteiger partial charge < -0.3 is 9.30 Å². The lowest BCUT2D eigenvalue weighted by Crippen LogP contribution is -2.03. The SMILES string of the molecule is Cn1ccnc1COc1ccc(F)nc1. The van der Waals surface area contributed by atoms with Gasteiger partial charge in [0.25, 0.3) is 0 Å². The van der Waals surface area contributed by atoms with Gasteiger partial charge in [-0.1, -0.05) is 0 Å². The van der Waals surface area contributed by atoms with Crippen LogP contribution in [0.5, 0.6) is 5.75 Å². The summed E-state index contributed by atoms with van der Waals surface area (Å²) in [5.41, 5.74) is 0. The number of rotatable bonds is 3. The monoisotopic (exact) mass is 207 g/mol. The van der Waals surface area contributed by atoms with E-state index in [2.05, 4.69) is 9.97 Å². The van der Waals surface area contributed by atoms with Crippen molar-refractivity contribution in [3.05, 3.63) is 42.5 Å². The molecule has 0 bridgehead atoms. The van der Waals surface area contributed by atoms with E-state index in [1.807, 2.05) is 17.8 Å². The first-order valence-electron chi connectivity index (χ1n) is 4.46. The highest BCUT2D eigenvalue weighted by Crippen LogP contribution is 2.10. The molecular formula is C10H10FN3O. The van der Waals surface area contributed by atoms with Gasteiger partial charge in [-0.25, -0.2) is 9.97 Å². The van der Waals surface area contributed by atoms with Crippen molar-refractivity contribution in [3.63, 3.8) is 0 Å². The summed E-state index contributed by atoms with van der Waals surface area (Å²) >= 11 is 0. The average Bonchev–Trinajstić information content (AvgIpc) is 2.63. The molecule has 0 fully saturated rings. The largest absolute Gasteiger partial charge is 0.484 e. The van der Waals surface area contributed by atoms with Crippen LogP contribution in [0.1, 0.15) is 5.82 Å². The van der Waals surface area contributed by atoms with Crippen LogP contribution in [0.3, 0.4) is 0 Å². The molecule has 4 nitrogen and oxygen atoms in total. The van der Waals surface area contributed by atoms with Crippen LogP contribution in [0.15, 0.2) is 30.7 Å². The van der Waals surface area contributed by atoms with Gasteiger partial charge in [0.2, 0.25) is 5.95 Å². The number of imidazole rings is 1. The van der Waals surface area contributed by atoms with Crippen molar-refractivity contribution in [1.82, 2.24) is 14.5 Å².